The molecule has 0 radical (unpaired) electrons. The number of nitrogens with zero attached hydrogens (tertiary/aromatic N) is 7. The van der Waals surface area contributed by atoms with Gasteiger partial charge in [0.25, 0.3) is 11.5 Å². The van der Waals surface area contributed by atoms with Crippen LogP contribution in [0.1, 0.15) is 55.7 Å². The molecule has 0 aliphatic carbocycles. The molecule has 0 bridgehead atoms. The Labute approximate surface area is 230 Å². The van der Waals surface area contributed by atoms with Gasteiger partial charge in [-0.05, 0) is 52.0 Å². The number of rotatable bonds is 8. The maximum atomic E-state index is 14.5. The number of aromatic nitrogens is 7. The molecule has 40 heavy (non-hydrogen) atoms. The molecule has 5 rings (SSSR count). The Balaban J connectivity index is 1.53. The van der Waals surface area contributed by atoms with Gasteiger partial charge in [0.15, 0.2) is 5.82 Å². The van der Waals surface area contributed by atoms with Gasteiger partial charge < -0.3 is 14.5 Å². The first-order valence-corrected chi connectivity index (χ1v) is 12.9. The highest BCUT2D eigenvalue weighted by molar-refractivity contribution is 6.04. The van der Waals surface area contributed by atoms with Crippen LogP contribution in [-0.2, 0) is 6.54 Å². The zero-order valence-corrected chi connectivity index (χ0v) is 22.6. The van der Waals surface area contributed by atoms with Crippen LogP contribution in [0.3, 0.4) is 0 Å². The van der Waals surface area contributed by atoms with E-state index in [9.17, 15) is 14.0 Å². The zero-order valence-electron chi connectivity index (χ0n) is 22.6. The van der Waals surface area contributed by atoms with Crippen LogP contribution in [0.2, 0.25) is 0 Å². The Kier molecular flexibility index (Phi) is 7.37. The lowest BCUT2D eigenvalue weighted by atomic mass is 10.1. The van der Waals surface area contributed by atoms with Crippen LogP contribution in [0.4, 0.5) is 10.2 Å². The molecule has 0 aliphatic rings. The lowest BCUT2D eigenvalue weighted by molar-refractivity contribution is 0.102. The van der Waals surface area contributed by atoms with E-state index in [4.69, 9.17) is 0 Å². The van der Waals surface area contributed by atoms with Gasteiger partial charge in [-0.25, -0.2) is 9.37 Å². The molecule has 0 saturated heterocycles. The number of hydrogen-bond donors (Lipinski definition) is 1. The van der Waals surface area contributed by atoms with Crippen molar-refractivity contribution in [3.63, 3.8) is 0 Å². The lowest BCUT2D eigenvalue weighted by Crippen LogP contribution is -2.30. The highest BCUT2D eigenvalue weighted by atomic mass is 19.1. The third-order valence-corrected chi connectivity index (χ3v) is 6.44. The van der Waals surface area contributed by atoms with Crippen molar-refractivity contribution in [2.24, 2.45) is 0 Å². The number of hydrogen-bond acceptors (Lipinski definition) is 6. The summed E-state index contributed by atoms with van der Waals surface area (Å²) in [5, 5.41) is 15.3. The number of pyridine rings is 2. The fourth-order valence-corrected chi connectivity index (χ4v) is 4.27. The standard InChI is InChI=1S/C29H29FN8O2/c1-18(2)37-17-31-35-27(37)25-10-7-11-26(33-25)34-28(39)23-12-21(22-13-32-38(16-22)19(3)4)15-36(29(23)40)14-20-8-5-6-9-24(20)30/h5-13,15-19H,14H2,1-4H3,(H,33,34,39). The molecule has 0 spiro atoms. The average Bonchev–Trinajstić information content (AvgIpc) is 3.62. The summed E-state index contributed by atoms with van der Waals surface area (Å²) in [5.74, 6) is -0.268. The van der Waals surface area contributed by atoms with E-state index in [2.05, 4.69) is 25.6 Å². The maximum Gasteiger partial charge on any atom is 0.263 e. The van der Waals surface area contributed by atoms with Crippen LogP contribution >= 0.6 is 0 Å². The molecule has 0 atom stereocenters. The van der Waals surface area contributed by atoms with Crippen LogP contribution in [-0.4, -0.2) is 40.0 Å². The summed E-state index contributed by atoms with van der Waals surface area (Å²) in [6.07, 6.45) is 6.75. The van der Waals surface area contributed by atoms with E-state index >= 15 is 0 Å². The fraction of sp³-hybridized carbons (Fsp3) is 0.241. The van der Waals surface area contributed by atoms with Crippen LogP contribution in [0.5, 0.6) is 0 Å². The van der Waals surface area contributed by atoms with Crippen molar-refractivity contribution in [2.45, 2.75) is 46.3 Å². The Morgan fingerprint density at radius 1 is 1.00 bits per heavy atom. The van der Waals surface area contributed by atoms with Gasteiger partial charge in [-0.15, -0.1) is 10.2 Å². The number of carbonyl (C=O) groups is 1. The normalized spacial score (nSPS) is 11.4. The Morgan fingerprint density at radius 3 is 2.52 bits per heavy atom. The average molecular weight is 541 g/mol. The summed E-state index contributed by atoms with van der Waals surface area (Å²) in [4.78, 5) is 31.5. The SMILES string of the molecule is CC(C)n1cc(-c2cc(C(=O)Nc3cccc(-c4nncn4C(C)C)n3)c(=O)n(Cc3ccccc3F)c2)cn1. The number of nitrogens with one attached hydrogen (secondary N) is 1. The van der Waals surface area contributed by atoms with Crippen molar-refractivity contribution in [1.29, 1.82) is 0 Å². The van der Waals surface area contributed by atoms with Gasteiger partial charge in [0.1, 0.15) is 29.2 Å². The Morgan fingerprint density at radius 2 is 1.80 bits per heavy atom. The molecule has 11 heteroatoms. The van der Waals surface area contributed by atoms with E-state index in [0.29, 0.717) is 22.6 Å². The molecule has 0 aliphatic heterocycles. The first kappa shape index (κ1) is 26.7. The van der Waals surface area contributed by atoms with E-state index < -0.39 is 17.3 Å². The van der Waals surface area contributed by atoms with Gasteiger partial charge in [0, 0.05) is 41.2 Å². The van der Waals surface area contributed by atoms with E-state index in [0.717, 1.165) is 5.56 Å². The van der Waals surface area contributed by atoms with Crippen LogP contribution in [0.25, 0.3) is 22.6 Å². The Hall–Kier alpha value is -4.93. The quantitative estimate of drug-likeness (QED) is 0.298. The Bertz CT molecular complexity index is 1730. The van der Waals surface area contributed by atoms with Crippen molar-refractivity contribution in [3.8, 4) is 22.6 Å². The molecule has 4 aromatic heterocycles. The first-order chi connectivity index (χ1) is 19.2. The van der Waals surface area contributed by atoms with E-state index in [1.165, 1.54) is 16.7 Å². The molecule has 0 saturated carbocycles. The number of carbonyl (C=O) groups excluding carboxylic acids is 1. The topological polar surface area (TPSA) is 113 Å². The number of benzene rings is 1. The van der Waals surface area contributed by atoms with Gasteiger partial charge in [0.2, 0.25) is 0 Å². The summed E-state index contributed by atoms with van der Waals surface area (Å²) in [7, 11) is 0. The minimum atomic E-state index is -0.639. The molecule has 1 N–H and O–H groups in total. The summed E-state index contributed by atoms with van der Waals surface area (Å²) in [5.41, 5.74) is 1.50. The van der Waals surface area contributed by atoms with Crippen LogP contribution < -0.4 is 10.9 Å². The second-order valence-electron chi connectivity index (χ2n) is 9.99. The third-order valence-electron chi connectivity index (χ3n) is 6.44. The van der Waals surface area contributed by atoms with Crippen molar-refractivity contribution in [3.05, 3.63) is 101 Å². The highest BCUT2D eigenvalue weighted by Gasteiger charge is 2.19. The summed E-state index contributed by atoms with van der Waals surface area (Å²) < 4.78 is 19.5. The van der Waals surface area contributed by atoms with Crippen LogP contribution in [0.15, 0.2) is 78.2 Å². The van der Waals surface area contributed by atoms with Crippen molar-refractivity contribution >= 4 is 11.7 Å². The first-order valence-electron chi connectivity index (χ1n) is 12.9. The number of amides is 1. The van der Waals surface area contributed by atoms with Crippen molar-refractivity contribution in [1.82, 2.24) is 34.1 Å². The largest absolute Gasteiger partial charge is 0.310 e. The van der Waals surface area contributed by atoms with Gasteiger partial charge >= 0.3 is 0 Å². The molecule has 1 aromatic carbocycles. The molecule has 1 amide bonds. The third kappa shape index (κ3) is 5.44. The van der Waals surface area contributed by atoms with Crippen molar-refractivity contribution in [2.75, 3.05) is 5.32 Å². The minimum Gasteiger partial charge on any atom is -0.310 e. The fourth-order valence-electron chi connectivity index (χ4n) is 4.27. The molecule has 0 unspecified atom stereocenters. The molecule has 5 aromatic rings. The molecule has 4 heterocycles. The molecule has 10 nitrogen and oxygen atoms in total. The van der Waals surface area contributed by atoms with Gasteiger partial charge in [0.05, 0.1) is 12.7 Å². The van der Waals surface area contributed by atoms with Crippen molar-refractivity contribution < 1.29 is 9.18 Å². The second kappa shape index (κ2) is 11.0. The predicted octanol–water partition coefficient (Wildman–Crippen LogP) is 4.97. The monoisotopic (exact) mass is 540 g/mol. The molecular formula is C29H29FN8O2. The minimum absolute atomic E-state index is 0.0451. The number of halogens is 1. The lowest BCUT2D eigenvalue weighted by Gasteiger charge is -2.13. The highest BCUT2D eigenvalue weighted by Crippen LogP contribution is 2.23. The van der Waals surface area contributed by atoms with Gasteiger partial charge in [-0.1, -0.05) is 24.3 Å². The second-order valence-corrected chi connectivity index (χ2v) is 9.99. The number of anilines is 1. The smallest absolute Gasteiger partial charge is 0.263 e. The predicted molar refractivity (Wildman–Crippen MR) is 149 cm³/mol. The van der Waals surface area contributed by atoms with Crippen LogP contribution in [0, 0.1) is 5.82 Å². The zero-order chi connectivity index (χ0) is 28.4. The summed E-state index contributed by atoms with van der Waals surface area (Å²) in [6, 6.07) is 13.1. The molecule has 0 fully saturated rings. The summed E-state index contributed by atoms with van der Waals surface area (Å²) in [6.45, 7) is 7.96. The molecule has 204 valence electrons. The molecular weight excluding hydrogens is 511 g/mol. The van der Waals surface area contributed by atoms with Gasteiger partial charge in [-0.3, -0.25) is 14.3 Å². The van der Waals surface area contributed by atoms with Gasteiger partial charge in [-0.2, -0.15) is 5.10 Å². The summed E-state index contributed by atoms with van der Waals surface area (Å²) >= 11 is 0. The maximum absolute atomic E-state index is 14.5. The van der Waals surface area contributed by atoms with E-state index in [1.807, 2.05) is 38.5 Å². The van der Waals surface area contributed by atoms with E-state index in [-0.39, 0.29) is 30.0 Å². The van der Waals surface area contributed by atoms with E-state index in [1.54, 1.807) is 59.8 Å².